The largest absolute Gasteiger partial charge is 0.506 e. The standard InChI is InChI=1S/C19H17N3O/c1-15(19-18(23)13-8-14-20-19)21-22(16-9-4-2-5-10-16)17-11-6-3-7-12-17/h2-14,23H,1H3. The Kier molecular flexibility index (Phi) is 4.34. The Balaban J connectivity index is 2.06. The second-order valence-corrected chi connectivity index (χ2v) is 5.04. The Bertz CT molecular complexity index is 762. The van der Waals surface area contributed by atoms with E-state index in [1.165, 1.54) is 0 Å². The van der Waals surface area contributed by atoms with Gasteiger partial charge in [-0.15, -0.1) is 0 Å². The highest BCUT2D eigenvalue weighted by atomic mass is 16.3. The molecule has 0 unspecified atom stereocenters. The zero-order valence-electron chi connectivity index (χ0n) is 12.8. The normalized spacial score (nSPS) is 11.3. The molecule has 114 valence electrons. The molecule has 0 atom stereocenters. The molecule has 0 aliphatic carbocycles. The number of para-hydroxylation sites is 2. The van der Waals surface area contributed by atoms with E-state index in [9.17, 15) is 5.11 Å². The average molecular weight is 303 g/mol. The van der Waals surface area contributed by atoms with Crippen molar-refractivity contribution in [2.45, 2.75) is 6.92 Å². The van der Waals surface area contributed by atoms with Crippen molar-refractivity contribution in [1.29, 1.82) is 0 Å². The lowest BCUT2D eigenvalue weighted by atomic mass is 10.2. The van der Waals surface area contributed by atoms with Crippen molar-refractivity contribution in [1.82, 2.24) is 4.98 Å². The molecule has 4 heteroatoms. The van der Waals surface area contributed by atoms with E-state index in [0.29, 0.717) is 11.4 Å². The number of aromatic nitrogens is 1. The molecule has 0 bridgehead atoms. The third-order valence-corrected chi connectivity index (χ3v) is 3.38. The summed E-state index contributed by atoms with van der Waals surface area (Å²) in [7, 11) is 0. The van der Waals surface area contributed by atoms with Crippen LogP contribution in [0.4, 0.5) is 11.4 Å². The van der Waals surface area contributed by atoms with E-state index in [1.807, 2.05) is 72.6 Å². The fourth-order valence-electron chi connectivity index (χ4n) is 2.28. The van der Waals surface area contributed by atoms with Gasteiger partial charge in [-0.1, -0.05) is 36.4 Å². The number of hydrogen-bond donors (Lipinski definition) is 1. The van der Waals surface area contributed by atoms with Gasteiger partial charge in [0.1, 0.15) is 11.4 Å². The fraction of sp³-hybridized carbons (Fsp3) is 0.0526. The van der Waals surface area contributed by atoms with E-state index >= 15 is 0 Å². The number of nitrogens with zero attached hydrogens (tertiary/aromatic N) is 3. The molecule has 0 spiro atoms. The molecule has 0 saturated heterocycles. The molecule has 0 fully saturated rings. The fourth-order valence-corrected chi connectivity index (χ4v) is 2.28. The summed E-state index contributed by atoms with van der Waals surface area (Å²) in [4.78, 5) is 4.21. The van der Waals surface area contributed by atoms with Gasteiger partial charge in [0.25, 0.3) is 0 Å². The van der Waals surface area contributed by atoms with Crippen molar-refractivity contribution in [2.24, 2.45) is 5.10 Å². The number of aromatic hydroxyl groups is 1. The van der Waals surface area contributed by atoms with Crippen molar-refractivity contribution < 1.29 is 5.11 Å². The lowest BCUT2D eigenvalue weighted by Gasteiger charge is -2.20. The van der Waals surface area contributed by atoms with Gasteiger partial charge in [0, 0.05) is 6.20 Å². The van der Waals surface area contributed by atoms with E-state index < -0.39 is 0 Å². The highest BCUT2D eigenvalue weighted by Crippen LogP contribution is 2.26. The first-order valence-corrected chi connectivity index (χ1v) is 7.35. The minimum absolute atomic E-state index is 0.120. The van der Waals surface area contributed by atoms with Crippen molar-refractivity contribution in [3.05, 3.63) is 84.7 Å². The van der Waals surface area contributed by atoms with E-state index in [4.69, 9.17) is 0 Å². The van der Waals surface area contributed by atoms with Gasteiger partial charge in [-0.2, -0.15) is 5.10 Å². The van der Waals surface area contributed by atoms with Gasteiger partial charge in [-0.05, 0) is 43.3 Å². The zero-order valence-corrected chi connectivity index (χ0v) is 12.8. The van der Waals surface area contributed by atoms with E-state index in [2.05, 4.69) is 10.1 Å². The quantitative estimate of drug-likeness (QED) is 0.576. The van der Waals surface area contributed by atoms with Gasteiger partial charge >= 0.3 is 0 Å². The van der Waals surface area contributed by atoms with Gasteiger partial charge in [0.05, 0.1) is 17.1 Å². The summed E-state index contributed by atoms with van der Waals surface area (Å²) in [6.45, 7) is 1.83. The molecule has 1 heterocycles. The van der Waals surface area contributed by atoms with Crippen LogP contribution in [0.25, 0.3) is 0 Å². The number of benzene rings is 2. The summed E-state index contributed by atoms with van der Waals surface area (Å²) in [6, 6.07) is 23.1. The van der Waals surface area contributed by atoms with E-state index in [1.54, 1.807) is 18.3 Å². The number of rotatable bonds is 4. The lowest BCUT2D eigenvalue weighted by molar-refractivity contribution is 0.471. The Hall–Kier alpha value is -3.14. The monoisotopic (exact) mass is 303 g/mol. The first kappa shape index (κ1) is 14.8. The van der Waals surface area contributed by atoms with Crippen molar-refractivity contribution in [3.8, 4) is 5.75 Å². The van der Waals surface area contributed by atoms with Crippen LogP contribution in [0, 0.1) is 0 Å². The third-order valence-electron chi connectivity index (χ3n) is 3.38. The molecule has 0 aliphatic heterocycles. The Labute approximate surface area is 135 Å². The molecule has 1 N–H and O–H groups in total. The molecule has 1 aromatic heterocycles. The number of hydrogen-bond acceptors (Lipinski definition) is 4. The van der Waals surface area contributed by atoms with Crippen LogP contribution in [0.1, 0.15) is 12.6 Å². The summed E-state index contributed by atoms with van der Waals surface area (Å²) >= 11 is 0. The smallest absolute Gasteiger partial charge is 0.143 e. The summed E-state index contributed by atoms with van der Waals surface area (Å²) in [6.07, 6.45) is 1.64. The lowest BCUT2D eigenvalue weighted by Crippen LogP contribution is -2.13. The molecule has 3 aromatic rings. The highest BCUT2D eigenvalue weighted by Gasteiger charge is 2.11. The molecule has 4 nitrogen and oxygen atoms in total. The van der Waals surface area contributed by atoms with E-state index in [0.717, 1.165) is 11.4 Å². The van der Waals surface area contributed by atoms with Crippen molar-refractivity contribution in [2.75, 3.05) is 5.01 Å². The first-order valence-electron chi connectivity index (χ1n) is 7.35. The molecule has 23 heavy (non-hydrogen) atoms. The predicted octanol–water partition coefficient (Wildman–Crippen LogP) is 4.35. The Morgan fingerprint density at radius 3 is 1.96 bits per heavy atom. The highest BCUT2D eigenvalue weighted by molar-refractivity contribution is 6.00. The van der Waals surface area contributed by atoms with Crippen molar-refractivity contribution in [3.63, 3.8) is 0 Å². The van der Waals surface area contributed by atoms with Gasteiger partial charge in [-0.25, -0.2) is 5.01 Å². The van der Waals surface area contributed by atoms with Gasteiger partial charge in [0.15, 0.2) is 0 Å². The molecule has 0 saturated carbocycles. The molecular formula is C19H17N3O. The van der Waals surface area contributed by atoms with Crippen molar-refractivity contribution >= 4 is 17.1 Å². The molecular weight excluding hydrogens is 286 g/mol. The number of pyridine rings is 1. The summed E-state index contributed by atoms with van der Waals surface area (Å²) in [5, 5.41) is 16.5. The molecule has 2 aromatic carbocycles. The van der Waals surface area contributed by atoms with Gasteiger partial charge in [0.2, 0.25) is 0 Å². The van der Waals surface area contributed by atoms with Gasteiger partial charge < -0.3 is 5.11 Å². The van der Waals surface area contributed by atoms with Crippen LogP contribution >= 0.6 is 0 Å². The van der Waals surface area contributed by atoms with Crippen LogP contribution in [0.3, 0.4) is 0 Å². The second kappa shape index (κ2) is 6.75. The third kappa shape index (κ3) is 3.37. The van der Waals surface area contributed by atoms with Gasteiger partial charge in [-0.3, -0.25) is 4.98 Å². The minimum atomic E-state index is 0.120. The topological polar surface area (TPSA) is 48.7 Å². The Morgan fingerprint density at radius 2 is 1.43 bits per heavy atom. The maximum Gasteiger partial charge on any atom is 0.143 e. The summed E-state index contributed by atoms with van der Waals surface area (Å²) in [5.41, 5.74) is 2.99. The van der Waals surface area contributed by atoms with Crippen LogP contribution in [0.15, 0.2) is 84.1 Å². The minimum Gasteiger partial charge on any atom is -0.506 e. The second-order valence-electron chi connectivity index (χ2n) is 5.04. The molecule has 0 radical (unpaired) electrons. The molecule has 0 amide bonds. The van der Waals surface area contributed by atoms with Crippen LogP contribution in [0.2, 0.25) is 0 Å². The van der Waals surface area contributed by atoms with Crippen LogP contribution in [-0.4, -0.2) is 15.8 Å². The average Bonchev–Trinajstić information content (AvgIpc) is 2.61. The summed E-state index contributed by atoms with van der Waals surface area (Å²) < 4.78 is 0. The summed E-state index contributed by atoms with van der Waals surface area (Å²) in [5.74, 6) is 0.120. The van der Waals surface area contributed by atoms with Crippen LogP contribution < -0.4 is 5.01 Å². The predicted molar refractivity (Wildman–Crippen MR) is 93.1 cm³/mol. The number of hydrazone groups is 1. The Morgan fingerprint density at radius 1 is 0.870 bits per heavy atom. The van der Waals surface area contributed by atoms with E-state index in [-0.39, 0.29) is 5.75 Å². The first-order chi connectivity index (χ1) is 11.3. The molecule has 3 rings (SSSR count). The maximum atomic E-state index is 9.97. The van der Waals surface area contributed by atoms with Crippen LogP contribution in [0.5, 0.6) is 5.75 Å². The SMILES string of the molecule is CC(=NN(c1ccccc1)c1ccccc1)c1ncccc1O. The number of anilines is 2. The zero-order chi connectivity index (χ0) is 16.1. The maximum absolute atomic E-state index is 9.97. The van der Waals surface area contributed by atoms with Crippen LogP contribution in [-0.2, 0) is 0 Å². The molecule has 0 aliphatic rings.